The maximum absolute atomic E-state index is 5.81. The SMILES string of the molecule is CCCCCNC(=NC)NCc1ccc(CN2CC(C)OC(C)C2)cc1.I. The molecule has 0 radical (unpaired) electrons. The highest BCUT2D eigenvalue weighted by Gasteiger charge is 2.21. The molecule has 0 aliphatic carbocycles. The lowest BCUT2D eigenvalue weighted by atomic mass is 10.1. The van der Waals surface area contributed by atoms with Gasteiger partial charge < -0.3 is 15.4 Å². The Balaban J connectivity index is 0.00000364. The molecule has 0 aromatic heterocycles. The molecule has 0 spiro atoms. The fourth-order valence-electron chi connectivity index (χ4n) is 3.42. The summed E-state index contributed by atoms with van der Waals surface area (Å²) in [6.07, 6.45) is 4.32. The molecule has 1 aliphatic rings. The van der Waals surface area contributed by atoms with E-state index in [0.717, 1.165) is 38.7 Å². The van der Waals surface area contributed by atoms with Crippen LogP contribution in [0.2, 0.25) is 0 Å². The van der Waals surface area contributed by atoms with E-state index in [1.54, 1.807) is 0 Å². The second-order valence-corrected chi connectivity index (χ2v) is 7.33. The summed E-state index contributed by atoms with van der Waals surface area (Å²) in [6, 6.07) is 8.89. The Hall–Kier alpha value is -0.860. The van der Waals surface area contributed by atoms with Crippen LogP contribution in [-0.2, 0) is 17.8 Å². The van der Waals surface area contributed by atoms with Crippen molar-refractivity contribution in [1.29, 1.82) is 0 Å². The molecule has 2 N–H and O–H groups in total. The van der Waals surface area contributed by atoms with Crippen LogP contribution >= 0.6 is 24.0 Å². The third kappa shape index (κ3) is 9.25. The molecule has 1 aliphatic heterocycles. The maximum Gasteiger partial charge on any atom is 0.191 e. The number of guanidine groups is 1. The molecule has 0 bridgehead atoms. The summed E-state index contributed by atoms with van der Waals surface area (Å²) in [5.74, 6) is 0.876. The van der Waals surface area contributed by atoms with Gasteiger partial charge in [0.15, 0.2) is 5.96 Å². The van der Waals surface area contributed by atoms with Crippen LogP contribution in [0.3, 0.4) is 0 Å². The van der Waals surface area contributed by atoms with Crippen molar-refractivity contribution in [2.45, 2.75) is 65.3 Å². The van der Waals surface area contributed by atoms with Crippen LogP contribution in [-0.4, -0.2) is 49.7 Å². The summed E-state index contributed by atoms with van der Waals surface area (Å²) in [5.41, 5.74) is 2.63. The molecule has 2 unspecified atom stereocenters. The van der Waals surface area contributed by atoms with Crippen molar-refractivity contribution in [2.75, 3.05) is 26.7 Å². The number of hydrogen-bond donors (Lipinski definition) is 2. The molecular formula is C21H37IN4O. The lowest BCUT2D eigenvalue weighted by molar-refractivity contribution is -0.0704. The number of unbranched alkanes of at least 4 members (excludes halogenated alkanes) is 2. The second kappa shape index (κ2) is 13.3. The molecule has 1 aromatic rings. The van der Waals surface area contributed by atoms with Crippen LogP contribution in [0.25, 0.3) is 0 Å². The zero-order chi connectivity index (χ0) is 18.8. The zero-order valence-corrected chi connectivity index (χ0v) is 19.7. The van der Waals surface area contributed by atoms with Crippen molar-refractivity contribution in [2.24, 2.45) is 4.99 Å². The minimum atomic E-state index is 0. The molecule has 5 nitrogen and oxygen atoms in total. The predicted molar refractivity (Wildman–Crippen MR) is 125 cm³/mol. The van der Waals surface area contributed by atoms with Crippen molar-refractivity contribution >= 4 is 29.9 Å². The first-order valence-electron chi connectivity index (χ1n) is 10.0. The van der Waals surface area contributed by atoms with Gasteiger partial charge >= 0.3 is 0 Å². The van der Waals surface area contributed by atoms with Crippen LogP contribution in [0.4, 0.5) is 0 Å². The van der Waals surface area contributed by atoms with E-state index in [1.165, 1.54) is 30.4 Å². The quantitative estimate of drug-likeness (QED) is 0.253. The predicted octanol–water partition coefficient (Wildman–Crippen LogP) is 3.77. The van der Waals surface area contributed by atoms with Gasteiger partial charge in [0, 0.05) is 39.8 Å². The van der Waals surface area contributed by atoms with Crippen LogP contribution in [0.1, 0.15) is 51.2 Å². The van der Waals surface area contributed by atoms with E-state index >= 15 is 0 Å². The smallest absolute Gasteiger partial charge is 0.191 e. The standard InChI is InChI=1S/C21H36N4O.HI/c1-5-6-7-12-23-21(22-4)24-13-19-8-10-20(11-9-19)16-25-14-17(2)26-18(3)15-25;/h8-11,17-18H,5-7,12-16H2,1-4H3,(H2,22,23,24);1H. The second-order valence-electron chi connectivity index (χ2n) is 7.33. The number of nitrogens with zero attached hydrogens (tertiary/aromatic N) is 2. The molecule has 1 aromatic carbocycles. The average molecular weight is 488 g/mol. The lowest BCUT2D eigenvalue weighted by Crippen LogP contribution is -2.44. The minimum Gasteiger partial charge on any atom is -0.373 e. The zero-order valence-electron chi connectivity index (χ0n) is 17.3. The number of nitrogens with one attached hydrogen (secondary N) is 2. The van der Waals surface area contributed by atoms with Crippen molar-refractivity contribution in [3.05, 3.63) is 35.4 Å². The van der Waals surface area contributed by atoms with Crippen LogP contribution in [0.5, 0.6) is 0 Å². The van der Waals surface area contributed by atoms with Crippen molar-refractivity contribution in [1.82, 2.24) is 15.5 Å². The Bertz CT molecular complexity index is 540. The Morgan fingerprint density at radius 3 is 2.30 bits per heavy atom. The van der Waals surface area contributed by atoms with E-state index in [9.17, 15) is 0 Å². The summed E-state index contributed by atoms with van der Waals surface area (Å²) < 4.78 is 5.81. The third-order valence-electron chi connectivity index (χ3n) is 4.68. The molecule has 1 saturated heterocycles. The first-order valence-corrected chi connectivity index (χ1v) is 10.0. The molecule has 1 heterocycles. The first kappa shape index (κ1) is 24.2. The normalized spacial score (nSPS) is 20.8. The van der Waals surface area contributed by atoms with Crippen LogP contribution < -0.4 is 10.6 Å². The van der Waals surface area contributed by atoms with E-state index in [0.29, 0.717) is 12.2 Å². The van der Waals surface area contributed by atoms with E-state index in [4.69, 9.17) is 4.74 Å². The number of rotatable bonds is 8. The fourth-order valence-corrected chi connectivity index (χ4v) is 3.42. The largest absolute Gasteiger partial charge is 0.373 e. The topological polar surface area (TPSA) is 48.9 Å². The number of aliphatic imine (C=N–C) groups is 1. The van der Waals surface area contributed by atoms with Gasteiger partial charge in [-0.1, -0.05) is 44.0 Å². The molecule has 27 heavy (non-hydrogen) atoms. The number of halogens is 1. The molecule has 1 fully saturated rings. The van der Waals surface area contributed by atoms with Gasteiger partial charge in [0.05, 0.1) is 12.2 Å². The lowest BCUT2D eigenvalue weighted by Gasteiger charge is -2.35. The Kier molecular flexibility index (Phi) is 11.9. The number of benzene rings is 1. The molecule has 2 atom stereocenters. The fraction of sp³-hybridized carbons (Fsp3) is 0.667. The first-order chi connectivity index (χ1) is 12.6. The summed E-state index contributed by atoms with van der Waals surface area (Å²) in [7, 11) is 1.82. The summed E-state index contributed by atoms with van der Waals surface area (Å²) in [5, 5.41) is 6.76. The van der Waals surface area contributed by atoms with Gasteiger partial charge in [0.1, 0.15) is 0 Å². The van der Waals surface area contributed by atoms with Crippen LogP contribution in [0.15, 0.2) is 29.3 Å². The van der Waals surface area contributed by atoms with Gasteiger partial charge in [0.25, 0.3) is 0 Å². The van der Waals surface area contributed by atoms with Gasteiger partial charge in [-0.25, -0.2) is 0 Å². The van der Waals surface area contributed by atoms with Gasteiger partial charge in [-0.2, -0.15) is 0 Å². The Labute approximate surface area is 182 Å². The number of hydrogen-bond acceptors (Lipinski definition) is 3. The highest BCUT2D eigenvalue weighted by atomic mass is 127. The van der Waals surface area contributed by atoms with E-state index in [-0.39, 0.29) is 24.0 Å². The third-order valence-corrected chi connectivity index (χ3v) is 4.68. The monoisotopic (exact) mass is 488 g/mol. The van der Waals surface area contributed by atoms with E-state index < -0.39 is 0 Å². The van der Waals surface area contributed by atoms with Gasteiger partial charge in [-0.05, 0) is 31.4 Å². The highest BCUT2D eigenvalue weighted by Crippen LogP contribution is 2.14. The summed E-state index contributed by atoms with van der Waals surface area (Å²) >= 11 is 0. The Morgan fingerprint density at radius 2 is 1.70 bits per heavy atom. The van der Waals surface area contributed by atoms with Crippen molar-refractivity contribution in [3.8, 4) is 0 Å². The molecule has 154 valence electrons. The molecule has 6 heteroatoms. The van der Waals surface area contributed by atoms with Crippen molar-refractivity contribution < 1.29 is 4.74 Å². The molecule has 0 saturated carbocycles. The van der Waals surface area contributed by atoms with Crippen molar-refractivity contribution in [3.63, 3.8) is 0 Å². The number of ether oxygens (including phenoxy) is 1. The summed E-state index contributed by atoms with van der Waals surface area (Å²) in [4.78, 5) is 6.77. The van der Waals surface area contributed by atoms with Crippen LogP contribution in [0, 0.1) is 0 Å². The van der Waals surface area contributed by atoms with E-state index in [2.05, 4.69) is 65.6 Å². The highest BCUT2D eigenvalue weighted by molar-refractivity contribution is 14.0. The molecule has 2 rings (SSSR count). The maximum atomic E-state index is 5.81. The molecular weight excluding hydrogens is 451 g/mol. The van der Waals surface area contributed by atoms with Gasteiger partial charge in [-0.3, -0.25) is 9.89 Å². The average Bonchev–Trinajstić information content (AvgIpc) is 2.61. The summed E-state index contributed by atoms with van der Waals surface area (Å²) in [6.45, 7) is 11.3. The van der Waals surface area contributed by atoms with E-state index in [1.807, 2.05) is 7.05 Å². The number of morpholine rings is 1. The van der Waals surface area contributed by atoms with Gasteiger partial charge in [-0.15, -0.1) is 24.0 Å². The minimum absolute atomic E-state index is 0. The van der Waals surface area contributed by atoms with Gasteiger partial charge in [0.2, 0.25) is 0 Å². The Morgan fingerprint density at radius 1 is 1.07 bits per heavy atom. The molecule has 0 amide bonds.